The number of benzene rings is 2. The molecule has 0 saturated heterocycles. The van der Waals surface area contributed by atoms with Crippen LogP contribution in [0.25, 0.3) is 21.0 Å². The summed E-state index contributed by atoms with van der Waals surface area (Å²) >= 11 is 3.03. The van der Waals surface area contributed by atoms with Crippen molar-refractivity contribution in [3.05, 3.63) is 94.3 Å². The van der Waals surface area contributed by atoms with E-state index in [1.54, 1.807) is 17.4 Å². The van der Waals surface area contributed by atoms with Crippen molar-refractivity contribution in [1.29, 1.82) is 0 Å². The smallest absolute Gasteiger partial charge is 0.265 e. The second-order valence-electron chi connectivity index (χ2n) is 8.00. The van der Waals surface area contributed by atoms with Crippen molar-refractivity contribution in [2.45, 2.75) is 19.9 Å². The van der Waals surface area contributed by atoms with Crippen LogP contribution >= 0.6 is 22.7 Å². The lowest BCUT2D eigenvalue weighted by Crippen LogP contribution is -2.11. The number of nitrogens with one attached hydrogen (secondary N) is 1. The number of hydrogen-bond donors (Lipinski definition) is 2. The summed E-state index contributed by atoms with van der Waals surface area (Å²) in [6.07, 6.45) is 2.80. The van der Waals surface area contributed by atoms with Gasteiger partial charge in [0.05, 0.1) is 27.3 Å². The van der Waals surface area contributed by atoms with Crippen molar-refractivity contribution < 1.29 is 4.79 Å². The minimum Gasteiger partial charge on any atom is -0.397 e. The normalized spacial score (nSPS) is 11.0. The maximum Gasteiger partial charge on any atom is 0.265 e. The maximum atomic E-state index is 12.9. The van der Waals surface area contributed by atoms with Gasteiger partial charge in [0.1, 0.15) is 5.69 Å². The van der Waals surface area contributed by atoms with Crippen LogP contribution in [0, 0.1) is 6.92 Å². The first-order valence-corrected chi connectivity index (χ1v) is 12.6. The minimum atomic E-state index is -0.196. The first kappa shape index (κ1) is 22.1. The zero-order valence-electron chi connectivity index (χ0n) is 18.6. The van der Waals surface area contributed by atoms with E-state index in [9.17, 15) is 4.79 Å². The third-order valence-corrected chi connectivity index (χ3v) is 7.50. The van der Waals surface area contributed by atoms with Gasteiger partial charge in [-0.3, -0.25) is 9.48 Å². The molecule has 3 aromatic heterocycles. The highest BCUT2D eigenvalue weighted by molar-refractivity contribution is 7.17. The molecule has 1 amide bonds. The molecule has 0 aliphatic carbocycles. The lowest BCUT2D eigenvalue weighted by atomic mass is 10.1. The van der Waals surface area contributed by atoms with Crippen molar-refractivity contribution in [2.24, 2.45) is 0 Å². The molecule has 170 valence electrons. The molecule has 3 N–H and O–H groups in total. The van der Waals surface area contributed by atoms with Crippen LogP contribution in [-0.4, -0.2) is 20.9 Å². The van der Waals surface area contributed by atoms with Gasteiger partial charge in [-0.15, -0.1) is 27.8 Å². The first-order valence-electron chi connectivity index (χ1n) is 10.9. The molecule has 0 bridgehead atoms. The molecular formula is C26H23N5OS2. The highest BCUT2D eigenvalue weighted by Gasteiger charge is 2.14. The quantitative estimate of drug-likeness (QED) is 0.272. The Morgan fingerprint density at radius 3 is 2.71 bits per heavy atom. The van der Waals surface area contributed by atoms with Gasteiger partial charge in [0, 0.05) is 11.4 Å². The van der Waals surface area contributed by atoms with E-state index in [1.807, 2.05) is 52.7 Å². The molecule has 6 nitrogen and oxygen atoms in total. The van der Waals surface area contributed by atoms with Crippen LogP contribution in [0.1, 0.15) is 20.8 Å². The lowest BCUT2D eigenvalue weighted by molar-refractivity contribution is 0.103. The molecule has 0 spiro atoms. The molecule has 0 atom stereocenters. The summed E-state index contributed by atoms with van der Waals surface area (Å²) in [7, 11) is 0. The number of nitrogen functional groups attached to an aromatic ring is 1. The van der Waals surface area contributed by atoms with Crippen LogP contribution in [0.4, 0.5) is 11.4 Å². The number of aryl methyl sites for hydroxylation is 3. The molecule has 34 heavy (non-hydrogen) atoms. The van der Waals surface area contributed by atoms with Crippen molar-refractivity contribution in [1.82, 2.24) is 15.0 Å². The summed E-state index contributed by atoms with van der Waals surface area (Å²) in [5.41, 5.74) is 11.5. The number of carbonyl (C=O) groups excluding carboxylic acids is 1. The number of hydrogen-bond acceptors (Lipinski definition) is 6. The number of rotatable bonds is 7. The molecule has 0 fully saturated rings. The van der Waals surface area contributed by atoms with E-state index in [2.05, 4.69) is 46.8 Å². The zero-order valence-corrected chi connectivity index (χ0v) is 20.2. The largest absolute Gasteiger partial charge is 0.397 e. The summed E-state index contributed by atoms with van der Waals surface area (Å²) in [6, 6.07) is 22.0. The molecule has 8 heteroatoms. The number of amides is 1. The van der Waals surface area contributed by atoms with Gasteiger partial charge in [-0.2, -0.15) is 0 Å². The minimum absolute atomic E-state index is 0.196. The summed E-state index contributed by atoms with van der Waals surface area (Å²) in [6.45, 7) is 2.83. The van der Waals surface area contributed by atoms with Crippen LogP contribution < -0.4 is 11.1 Å². The van der Waals surface area contributed by atoms with Crippen molar-refractivity contribution in [2.75, 3.05) is 11.1 Å². The molecule has 0 aliphatic heterocycles. The Bertz CT molecular complexity index is 1420. The highest BCUT2D eigenvalue weighted by Crippen LogP contribution is 2.31. The Balaban J connectivity index is 1.26. The number of nitrogens with zero attached hydrogens (tertiary/aromatic N) is 3. The third-order valence-electron chi connectivity index (χ3n) is 5.48. The van der Waals surface area contributed by atoms with Gasteiger partial charge in [-0.25, -0.2) is 0 Å². The molecule has 2 aromatic carbocycles. The van der Waals surface area contributed by atoms with E-state index in [-0.39, 0.29) is 5.91 Å². The third kappa shape index (κ3) is 4.93. The molecule has 5 aromatic rings. The topological polar surface area (TPSA) is 85.8 Å². The van der Waals surface area contributed by atoms with Gasteiger partial charge in [-0.1, -0.05) is 47.2 Å². The Morgan fingerprint density at radius 2 is 1.91 bits per heavy atom. The molecular weight excluding hydrogens is 462 g/mol. The first-order chi connectivity index (χ1) is 16.5. The van der Waals surface area contributed by atoms with Crippen LogP contribution in [0.15, 0.2) is 78.3 Å². The second kappa shape index (κ2) is 9.62. The predicted molar refractivity (Wildman–Crippen MR) is 140 cm³/mol. The van der Waals surface area contributed by atoms with Crippen LogP contribution in [0.2, 0.25) is 0 Å². The SMILES string of the molecule is Cc1ccc(CCn2cc(-c3ccc(C(=O)Nc4cc(-c5cccs5)ccc4N)s3)nn2)cc1. The molecule has 0 saturated carbocycles. The van der Waals surface area contributed by atoms with Crippen molar-refractivity contribution >= 4 is 40.0 Å². The number of nitrogens with two attached hydrogens (primary N) is 1. The zero-order chi connectivity index (χ0) is 23.5. The molecule has 0 aliphatic rings. The maximum absolute atomic E-state index is 12.9. The number of anilines is 2. The van der Waals surface area contributed by atoms with Gasteiger partial charge in [0.25, 0.3) is 5.91 Å². The molecule has 5 rings (SSSR count). The Kier molecular flexibility index (Phi) is 6.24. The van der Waals surface area contributed by atoms with Crippen LogP contribution in [-0.2, 0) is 13.0 Å². The standard InChI is InChI=1S/C26H23N5OS2/c1-17-4-6-18(7-5-17)12-13-31-16-22(29-30-31)24-10-11-25(34-24)26(32)28-21-15-19(8-9-20(21)27)23-3-2-14-33-23/h2-11,14-16H,12-13,27H2,1H3,(H,28,32). The van der Waals surface area contributed by atoms with Gasteiger partial charge in [0.2, 0.25) is 0 Å². The highest BCUT2D eigenvalue weighted by atomic mass is 32.1. The summed E-state index contributed by atoms with van der Waals surface area (Å²) in [5, 5.41) is 13.5. The monoisotopic (exact) mass is 485 g/mol. The van der Waals surface area contributed by atoms with E-state index in [4.69, 9.17) is 5.73 Å². The summed E-state index contributed by atoms with van der Waals surface area (Å²) in [4.78, 5) is 15.5. The van der Waals surface area contributed by atoms with Crippen LogP contribution in [0.5, 0.6) is 0 Å². The predicted octanol–water partition coefficient (Wildman–Crippen LogP) is 6.12. The second-order valence-corrected chi connectivity index (χ2v) is 10.0. The average Bonchev–Trinajstić information content (AvgIpc) is 3.61. The average molecular weight is 486 g/mol. The molecule has 3 heterocycles. The van der Waals surface area contributed by atoms with Crippen LogP contribution in [0.3, 0.4) is 0 Å². The van der Waals surface area contributed by atoms with Crippen molar-refractivity contribution in [3.63, 3.8) is 0 Å². The summed E-state index contributed by atoms with van der Waals surface area (Å²) in [5.74, 6) is -0.196. The number of aromatic nitrogens is 3. The van der Waals surface area contributed by atoms with E-state index >= 15 is 0 Å². The van der Waals surface area contributed by atoms with Gasteiger partial charge >= 0.3 is 0 Å². The van der Waals surface area contributed by atoms with E-state index in [1.165, 1.54) is 22.5 Å². The molecule has 0 unspecified atom stereocenters. The Morgan fingerprint density at radius 1 is 1.06 bits per heavy atom. The molecule has 0 radical (unpaired) electrons. The lowest BCUT2D eigenvalue weighted by Gasteiger charge is -2.09. The van der Waals surface area contributed by atoms with E-state index < -0.39 is 0 Å². The fraction of sp³-hybridized carbons (Fsp3) is 0.115. The number of thiophene rings is 2. The van der Waals surface area contributed by atoms with Gasteiger partial charge in [-0.05, 0) is 60.2 Å². The summed E-state index contributed by atoms with van der Waals surface area (Å²) < 4.78 is 1.84. The van der Waals surface area contributed by atoms with Gasteiger partial charge < -0.3 is 11.1 Å². The number of carbonyl (C=O) groups is 1. The fourth-order valence-electron chi connectivity index (χ4n) is 3.56. The van der Waals surface area contributed by atoms with E-state index in [0.717, 1.165) is 34.0 Å². The Labute approximate surface area is 205 Å². The van der Waals surface area contributed by atoms with Crippen molar-refractivity contribution in [3.8, 4) is 21.0 Å². The Hall–Kier alpha value is -3.75. The van der Waals surface area contributed by atoms with E-state index in [0.29, 0.717) is 16.3 Å². The fourth-order valence-corrected chi connectivity index (χ4v) is 5.14. The van der Waals surface area contributed by atoms with Gasteiger partial charge in [0.15, 0.2) is 0 Å².